The molecule has 5 rings (SSSR count). The number of hydrogen-bond donors (Lipinski definition) is 1. The molecule has 0 saturated heterocycles. The van der Waals surface area contributed by atoms with Gasteiger partial charge in [0.05, 0.1) is 18.7 Å². The number of alkyl halides is 1. The van der Waals surface area contributed by atoms with Crippen LogP contribution >= 0.6 is 15.9 Å². The van der Waals surface area contributed by atoms with Crippen molar-refractivity contribution in [2.75, 3.05) is 13.7 Å². The maximum atomic E-state index is 14.9. The van der Waals surface area contributed by atoms with E-state index in [2.05, 4.69) is 32.7 Å². The largest absolute Gasteiger partial charge is 0.496 e. The summed E-state index contributed by atoms with van der Waals surface area (Å²) in [6.45, 7) is 2.49. The molecule has 5 nitrogen and oxygen atoms in total. The molecule has 2 heterocycles. The summed E-state index contributed by atoms with van der Waals surface area (Å²) in [7, 11) is 1.65. The Morgan fingerprint density at radius 3 is 2.79 bits per heavy atom. The number of ether oxygens (including phenoxy) is 1. The van der Waals surface area contributed by atoms with Gasteiger partial charge in [0.15, 0.2) is 5.58 Å². The Morgan fingerprint density at radius 1 is 1.31 bits per heavy atom. The van der Waals surface area contributed by atoms with Crippen molar-refractivity contribution < 1.29 is 13.5 Å². The molecule has 1 saturated carbocycles. The average Bonchev–Trinajstić information content (AvgIpc) is 3.28. The zero-order chi connectivity index (χ0) is 20.3. The van der Waals surface area contributed by atoms with Crippen molar-refractivity contribution in [1.29, 1.82) is 0 Å². The van der Waals surface area contributed by atoms with Crippen molar-refractivity contribution in [3.05, 3.63) is 62.0 Å². The smallest absolute Gasteiger partial charge is 0.417 e. The van der Waals surface area contributed by atoms with Gasteiger partial charge in [-0.1, -0.05) is 28.1 Å². The second-order valence-corrected chi connectivity index (χ2v) is 9.11. The van der Waals surface area contributed by atoms with Gasteiger partial charge in [0, 0.05) is 28.2 Å². The number of halogens is 2. The van der Waals surface area contributed by atoms with Gasteiger partial charge in [0.1, 0.15) is 11.4 Å². The number of rotatable bonds is 4. The standard InChI is InChI=1S/C22H22BrFN2O3/c1-12-9-16-14(5-6-17-20(16)29-21(27)25-17)19(26(12)11-22(24)7-8-22)15-4-3-13(23)10-18(15)28-2/h3-6,10,12,19H,7-9,11H2,1-2H3,(H,25,27)/t12-,19+/m1/s1. The number of fused-ring (bicyclic) bond motifs is 3. The molecule has 3 aromatic rings. The summed E-state index contributed by atoms with van der Waals surface area (Å²) in [6.07, 6.45) is 1.91. The Labute approximate surface area is 176 Å². The number of oxazole rings is 1. The van der Waals surface area contributed by atoms with Gasteiger partial charge in [0.2, 0.25) is 0 Å². The molecule has 1 aliphatic carbocycles. The minimum atomic E-state index is -1.11. The predicted molar refractivity (Wildman–Crippen MR) is 112 cm³/mol. The molecule has 29 heavy (non-hydrogen) atoms. The van der Waals surface area contributed by atoms with Crippen LogP contribution in [0.1, 0.15) is 42.5 Å². The lowest BCUT2D eigenvalue weighted by atomic mass is 9.84. The molecule has 1 aromatic heterocycles. The third kappa shape index (κ3) is 3.20. The van der Waals surface area contributed by atoms with E-state index in [1.54, 1.807) is 7.11 Å². The SMILES string of the molecule is COc1cc(Br)ccc1[C@@H]1c2ccc3[nH]c(=O)oc3c2C[C@@H](C)N1CC1(F)CC1. The third-order valence-corrected chi connectivity index (χ3v) is 6.66. The first-order chi connectivity index (χ1) is 13.9. The van der Waals surface area contributed by atoms with Gasteiger partial charge < -0.3 is 9.15 Å². The highest BCUT2D eigenvalue weighted by atomic mass is 79.9. The number of aromatic amines is 1. The topological polar surface area (TPSA) is 58.5 Å². The zero-order valence-electron chi connectivity index (χ0n) is 16.3. The lowest BCUT2D eigenvalue weighted by Gasteiger charge is -2.43. The summed E-state index contributed by atoms with van der Waals surface area (Å²) >= 11 is 3.51. The second kappa shape index (κ2) is 6.71. The molecule has 0 bridgehead atoms. The molecule has 0 unspecified atom stereocenters. The highest BCUT2D eigenvalue weighted by Gasteiger charge is 2.48. The van der Waals surface area contributed by atoms with E-state index in [1.807, 2.05) is 30.3 Å². The minimum absolute atomic E-state index is 0.0832. The number of methoxy groups -OCH3 is 1. The summed E-state index contributed by atoms with van der Waals surface area (Å²) in [6, 6.07) is 9.72. The normalized spacial score (nSPS) is 23.2. The van der Waals surface area contributed by atoms with Crippen molar-refractivity contribution in [3.63, 3.8) is 0 Å². The van der Waals surface area contributed by atoms with Crippen LogP contribution in [-0.4, -0.2) is 35.2 Å². The molecule has 0 amide bonds. The number of aromatic nitrogens is 1. The summed E-state index contributed by atoms with van der Waals surface area (Å²) in [5.74, 6) is 0.288. The van der Waals surface area contributed by atoms with Gasteiger partial charge in [-0.05, 0) is 49.9 Å². The van der Waals surface area contributed by atoms with Crippen molar-refractivity contribution in [2.45, 2.75) is 43.9 Å². The summed E-state index contributed by atoms with van der Waals surface area (Å²) in [4.78, 5) is 16.8. The molecule has 1 fully saturated rings. The maximum absolute atomic E-state index is 14.9. The zero-order valence-corrected chi connectivity index (χ0v) is 17.9. The van der Waals surface area contributed by atoms with Crippen LogP contribution in [-0.2, 0) is 6.42 Å². The molecule has 1 aliphatic heterocycles. The molecular weight excluding hydrogens is 439 g/mol. The van der Waals surface area contributed by atoms with E-state index in [-0.39, 0.29) is 12.1 Å². The molecule has 0 spiro atoms. The number of hydrogen-bond acceptors (Lipinski definition) is 4. The number of H-pyrrole nitrogens is 1. The van der Waals surface area contributed by atoms with Crippen LogP contribution in [0.3, 0.4) is 0 Å². The molecule has 1 N–H and O–H groups in total. The van der Waals surface area contributed by atoms with Crippen LogP contribution in [0.25, 0.3) is 11.1 Å². The van der Waals surface area contributed by atoms with Crippen LogP contribution in [0, 0.1) is 0 Å². The van der Waals surface area contributed by atoms with Crippen LogP contribution in [0.15, 0.2) is 44.0 Å². The summed E-state index contributed by atoms with van der Waals surface area (Å²) < 4.78 is 27.0. The van der Waals surface area contributed by atoms with Gasteiger partial charge in [-0.25, -0.2) is 9.18 Å². The number of benzene rings is 2. The van der Waals surface area contributed by atoms with E-state index < -0.39 is 11.4 Å². The van der Waals surface area contributed by atoms with Crippen molar-refractivity contribution in [1.82, 2.24) is 9.88 Å². The Hall–Kier alpha value is -2.12. The third-order valence-electron chi connectivity index (χ3n) is 6.17. The van der Waals surface area contributed by atoms with Gasteiger partial charge in [-0.15, -0.1) is 0 Å². The Morgan fingerprint density at radius 2 is 2.07 bits per heavy atom. The van der Waals surface area contributed by atoms with Gasteiger partial charge in [-0.2, -0.15) is 0 Å². The second-order valence-electron chi connectivity index (χ2n) is 8.19. The Bertz CT molecular complexity index is 1150. The van der Waals surface area contributed by atoms with Crippen molar-refractivity contribution in [2.24, 2.45) is 0 Å². The van der Waals surface area contributed by atoms with E-state index in [0.29, 0.717) is 36.9 Å². The summed E-state index contributed by atoms with van der Waals surface area (Å²) in [5.41, 5.74) is 3.19. The predicted octanol–water partition coefficient (Wildman–Crippen LogP) is 4.73. The monoisotopic (exact) mass is 460 g/mol. The minimum Gasteiger partial charge on any atom is -0.496 e. The van der Waals surface area contributed by atoms with Gasteiger partial charge >= 0.3 is 5.76 Å². The molecule has 2 atom stereocenters. The first-order valence-electron chi connectivity index (χ1n) is 9.81. The molecular formula is C22H22BrFN2O3. The molecule has 2 aromatic carbocycles. The first kappa shape index (κ1) is 18.9. The van der Waals surface area contributed by atoms with E-state index in [1.165, 1.54) is 0 Å². The van der Waals surface area contributed by atoms with Gasteiger partial charge in [-0.3, -0.25) is 9.88 Å². The Kier molecular flexibility index (Phi) is 4.37. The quantitative estimate of drug-likeness (QED) is 0.611. The van der Waals surface area contributed by atoms with Crippen LogP contribution in [0.5, 0.6) is 5.75 Å². The highest BCUT2D eigenvalue weighted by Crippen LogP contribution is 2.48. The van der Waals surface area contributed by atoms with Crippen LogP contribution in [0.4, 0.5) is 4.39 Å². The molecule has 0 radical (unpaired) electrons. The average molecular weight is 461 g/mol. The van der Waals surface area contributed by atoms with Crippen molar-refractivity contribution >= 4 is 27.0 Å². The van der Waals surface area contributed by atoms with E-state index in [0.717, 1.165) is 26.9 Å². The lowest BCUT2D eigenvalue weighted by Crippen LogP contribution is -2.46. The van der Waals surface area contributed by atoms with E-state index in [4.69, 9.17) is 9.15 Å². The lowest BCUT2D eigenvalue weighted by molar-refractivity contribution is 0.0971. The summed E-state index contributed by atoms with van der Waals surface area (Å²) in [5, 5.41) is 0. The fraction of sp³-hybridized carbons (Fsp3) is 0.409. The maximum Gasteiger partial charge on any atom is 0.417 e. The number of nitrogens with zero attached hydrogens (tertiary/aromatic N) is 1. The molecule has 2 aliphatic rings. The van der Waals surface area contributed by atoms with E-state index >= 15 is 0 Å². The van der Waals surface area contributed by atoms with Crippen LogP contribution < -0.4 is 10.5 Å². The Balaban J connectivity index is 1.73. The highest BCUT2D eigenvalue weighted by molar-refractivity contribution is 9.10. The van der Waals surface area contributed by atoms with Gasteiger partial charge in [0.25, 0.3) is 0 Å². The first-order valence-corrected chi connectivity index (χ1v) is 10.6. The van der Waals surface area contributed by atoms with Crippen LogP contribution in [0.2, 0.25) is 0 Å². The molecule has 152 valence electrons. The fourth-order valence-electron chi connectivity index (χ4n) is 4.52. The fourth-order valence-corrected chi connectivity index (χ4v) is 4.86. The van der Waals surface area contributed by atoms with Crippen molar-refractivity contribution in [3.8, 4) is 5.75 Å². The number of nitrogens with one attached hydrogen (secondary N) is 1. The van der Waals surface area contributed by atoms with E-state index in [9.17, 15) is 9.18 Å². The molecule has 7 heteroatoms.